The van der Waals surface area contributed by atoms with Crippen molar-refractivity contribution in [3.8, 4) is 5.88 Å². The lowest BCUT2D eigenvalue weighted by molar-refractivity contribution is 0.322. The number of rotatable bonds is 6. The van der Waals surface area contributed by atoms with Gasteiger partial charge in [0.2, 0.25) is 5.88 Å². The molecule has 1 rings (SSSR count). The topological polar surface area (TPSA) is 47.0 Å². The van der Waals surface area contributed by atoms with Gasteiger partial charge < -0.3 is 10.1 Å². The average molecular weight is 272 g/mol. The zero-order chi connectivity index (χ0) is 13.6. The Bertz CT molecular complexity index is 365. The fraction of sp³-hybridized carbons (Fsp3) is 0.692. The third kappa shape index (κ3) is 4.69. The molecule has 0 aliphatic heterocycles. The summed E-state index contributed by atoms with van der Waals surface area (Å²) in [5, 5.41) is 3.38. The number of nitrogens with zero attached hydrogens (tertiary/aromatic N) is 2. The summed E-state index contributed by atoms with van der Waals surface area (Å²) in [7, 11) is 0. The first-order chi connectivity index (χ1) is 8.47. The molecule has 0 bridgehead atoms. The Labute approximate surface area is 114 Å². The van der Waals surface area contributed by atoms with Crippen molar-refractivity contribution in [1.82, 2.24) is 9.97 Å². The van der Waals surface area contributed by atoms with E-state index in [4.69, 9.17) is 16.3 Å². The van der Waals surface area contributed by atoms with Gasteiger partial charge in [-0.2, -0.15) is 4.98 Å². The number of alkyl halides is 1. The molecule has 102 valence electrons. The van der Waals surface area contributed by atoms with E-state index in [0.29, 0.717) is 18.4 Å². The van der Waals surface area contributed by atoms with Crippen LogP contribution in [0.3, 0.4) is 0 Å². The van der Waals surface area contributed by atoms with Crippen LogP contribution in [-0.4, -0.2) is 28.5 Å². The van der Waals surface area contributed by atoms with E-state index in [0.717, 1.165) is 12.2 Å². The number of halogens is 1. The largest absolute Gasteiger partial charge is 0.477 e. The number of hydrogen-bond acceptors (Lipinski definition) is 4. The first kappa shape index (κ1) is 15.0. The molecule has 4 nitrogen and oxygen atoms in total. The summed E-state index contributed by atoms with van der Waals surface area (Å²) in [6, 6.07) is 0.251. The molecule has 0 aliphatic rings. The van der Waals surface area contributed by atoms with Crippen molar-refractivity contribution in [3.05, 3.63) is 12.4 Å². The van der Waals surface area contributed by atoms with Crippen molar-refractivity contribution >= 4 is 17.4 Å². The fourth-order valence-corrected chi connectivity index (χ4v) is 1.86. The van der Waals surface area contributed by atoms with Crippen LogP contribution in [0.1, 0.15) is 34.1 Å². The minimum absolute atomic E-state index is 0.109. The second-order valence-electron chi connectivity index (χ2n) is 5.22. The molecule has 0 radical (unpaired) electrons. The smallest absolute Gasteiger partial charge is 0.234 e. The summed E-state index contributed by atoms with van der Waals surface area (Å²) in [4.78, 5) is 8.47. The van der Waals surface area contributed by atoms with Gasteiger partial charge in [0.15, 0.2) is 0 Å². The monoisotopic (exact) mass is 271 g/mol. The minimum Gasteiger partial charge on any atom is -0.477 e. The number of aromatic nitrogens is 2. The summed E-state index contributed by atoms with van der Waals surface area (Å²) in [5.74, 6) is 1.89. The Hall–Kier alpha value is -1.03. The second-order valence-corrected chi connectivity index (χ2v) is 5.59. The van der Waals surface area contributed by atoms with E-state index < -0.39 is 0 Å². The predicted molar refractivity (Wildman–Crippen MR) is 75.4 cm³/mol. The summed E-state index contributed by atoms with van der Waals surface area (Å²) < 4.78 is 5.33. The summed E-state index contributed by atoms with van der Waals surface area (Å²) >= 11 is 5.85. The molecule has 0 fully saturated rings. The minimum atomic E-state index is 0.109. The van der Waals surface area contributed by atoms with Crippen molar-refractivity contribution in [2.45, 2.75) is 40.2 Å². The van der Waals surface area contributed by atoms with Gasteiger partial charge in [-0.05, 0) is 18.8 Å². The van der Waals surface area contributed by atoms with E-state index in [2.05, 4.69) is 36.1 Å². The fourth-order valence-electron chi connectivity index (χ4n) is 1.64. The Kier molecular flexibility index (Phi) is 5.66. The van der Waals surface area contributed by atoms with Crippen molar-refractivity contribution in [2.75, 3.05) is 17.8 Å². The zero-order valence-corrected chi connectivity index (χ0v) is 12.3. The van der Waals surface area contributed by atoms with E-state index >= 15 is 0 Å². The third-order valence-electron chi connectivity index (χ3n) is 2.67. The van der Waals surface area contributed by atoms with Crippen molar-refractivity contribution in [3.63, 3.8) is 0 Å². The lowest BCUT2D eigenvalue weighted by Gasteiger charge is -2.31. The first-order valence-corrected chi connectivity index (χ1v) is 6.78. The van der Waals surface area contributed by atoms with Gasteiger partial charge in [0.25, 0.3) is 0 Å². The van der Waals surface area contributed by atoms with E-state index in [-0.39, 0.29) is 11.5 Å². The van der Waals surface area contributed by atoms with Gasteiger partial charge in [-0.25, -0.2) is 0 Å². The standard InChI is InChI=1S/C13H22ClN3O/c1-5-18-12-9-15-8-11(17-12)16-10(6-7-14)13(2,3)4/h8-10H,5-7H2,1-4H3,(H,16,17). The molecule has 0 aromatic carbocycles. The van der Waals surface area contributed by atoms with Crippen molar-refractivity contribution in [1.29, 1.82) is 0 Å². The molecule has 1 aromatic heterocycles. The summed E-state index contributed by atoms with van der Waals surface area (Å²) in [5.41, 5.74) is 0.109. The Morgan fingerprint density at radius 1 is 1.39 bits per heavy atom. The quantitative estimate of drug-likeness (QED) is 0.806. The normalized spacial score (nSPS) is 13.2. The van der Waals surface area contributed by atoms with E-state index in [1.54, 1.807) is 12.4 Å². The van der Waals surface area contributed by atoms with Gasteiger partial charge in [-0.3, -0.25) is 4.98 Å². The van der Waals surface area contributed by atoms with Gasteiger partial charge in [0, 0.05) is 11.9 Å². The van der Waals surface area contributed by atoms with Crippen LogP contribution in [0.5, 0.6) is 5.88 Å². The molecule has 0 aliphatic carbocycles. The molecule has 1 N–H and O–H groups in total. The summed E-state index contributed by atoms with van der Waals surface area (Å²) in [6.45, 7) is 9.04. The van der Waals surface area contributed by atoms with Gasteiger partial charge >= 0.3 is 0 Å². The first-order valence-electron chi connectivity index (χ1n) is 6.24. The number of ether oxygens (including phenoxy) is 1. The van der Waals surface area contributed by atoms with Crippen molar-refractivity contribution < 1.29 is 4.74 Å². The highest BCUT2D eigenvalue weighted by Gasteiger charge is 2.24. The van der Waals surface area contributed by atoms with E-state index in [9.17, 15) is 0 Å². The Morgan fingerprint density at radius 2 is 2.11 bits per heavy atom. The molecule has 1 atom stereocenters. The molecule has 0 amide bonds. The highest BCUT2D eigenvalue weighted by Crippen LogP contribution is 2.25. The van der Waals surface area contributed by atoms with Crippen LogP contribution in [0, 0.1) is 5.41 Å². The molecule has 1 unspecified atom stereocenters. The Morgan fingerprint density at radius 3 is 2.67 bits per heavy atom. The van der Waals surface area contributed by atoms with Crippen LogP contribution in [0.4, 0.5) is 5.82 Å². The molecular weight excluding hydrogens is 250 g/mol. The van der Waals surface area contributed by atoms with Crippen LogP contribution in [-0.2, 0) is 0 Å². The van der Waals surface area contributed by atoms with Crippen LogP contribution in [0.2, 0.25) is 0 Å². The molecule has 0 saturated carbocycles. The van der Waals surface area contributed by atoms with Gasteiger partial charge in [-0.15, -0.1) is 11.6 Å². The maximum absolute atomic E-state index is 5.85. The maximum atomic E-state index is 5.85. The van der Waals surface area contributed by atoms with Gasteiger partial charge in [0.1, 0.15) is 5.82 Å². The van der Waals surface area contributed by atoms with E-state index in [1.807, 2.05) is 6.92 Å². The van der Waals surface area contributed by atoms with Crippen LogP contribution in [0.15, 0.2) is 12.4 Å². The molecule has 1 heterocycles. The highest BCUT2D eigenvalue weighted by molar-refractivity contribution is 6.17. The van der Waals surface area contributed by atoms with Crippen LogP contribution >= 0.6 is 11.6 Å². The lowest BCUT2D eigenvalue weighted by atomic mass is 9.85. The number of nitrogens with one attached hydrogen (secondary N) is 1. The predicted octanol–water partition coefficient (Wildman–Crippen LogP) is 3.33. The SMILES string of the molecule is CCOc1cncc(NC(CCCl)C(C)(C)C)n1. The third-order valence-corrected chi connectivity index (χ3v) is 2.89. The maximum Gasteiger partial charge on any atom is 0.234 e. The highest BCUT2D eigenvalue weighted by atomic mass is 35.5. The molecule has 0 spiro atoms. The van der Waals surface area contributed by atoms with Gasteiger partial charge in [-0.1, -0.05) is 20.8 Å². The van der Waals surface area contributed by atoms with Gasteiger partial charge in [0.05, 0.1) is 19.0 Å². The zero-order valence-electron chi connectivity index (χ0n) is 11.5. The molecule has 18 heavy (non-hydrogen) atoms. The van der Waals surface area contributed by atoms with Crippen LogP contribution < -0.4 is 10.1 Å². The molecular formula is C13H22ClN3O. The average Bonchev–Trinajstić information content (AvgIpc) is 2.28. The molecule has 5 heteroatoms. The van der Waals surface area contributed by atoms with Crippen LogP contribution in [0.25, 0.3) is 0 Å². The van der Waals surface area contributed by atoms with E-state index in [1.165, 1.54) is 0 Å². The Balaban J connectivity index is 2.77. The number of anilines is 1. The lowest BCUT2D eigenvalue weighted by Crippen LogP contribution is -2.34. The molecule has 0 saturated heterocycles. The number of hydrogen-bond donors (Lipinski definition) is 1. The second kappa shape index (κ2) is 6.78. The molecule has 1 aromatic rings. The summed E-state index contributed by atoms with van der Waals surface area (Å²) in [6.07, 6.45) is 4.20. The van der Waals surface area contributed by atoms with Crippen molar-refractivity contribution in [2.24, 2.45) is 5.41 Å².